The van der Waals surface area contributed by atoms with Gasteiger partial charge in [-0.05, 0) is 31.2 Å². The van der Waals surface area contributed by atoms with Crippen LogP contribution in [0, 0.1) is 17.0 Å². The minimum atomic E-state index is -0.585. The van der Waals surface area contributed by atoms with Gasteiger partial charge in [-0.25, -0.2) is 0 Å². The second-order valence-electron chi connectivity index (χ2n) is 4.12. The number of benzene rings is 1. The Labute approximate surface area is 124 Å². The molecular formula is C13H11ClN2O3S. The molecule has 7 heteroatoms. The average Bonchev–Trinajstić information content (AvgIpc) is 2.81. The van der Waals surface area contributed by atoms with Crippen LogP contribution in [-0.4, -0.2) is 10.8 Å². The summed E-state index contributed by atoms with van der Waals surface area (Å²) in [4.78, 5) is 24.2. The lowest BCUT2D eigenvalue weighted by Gasteiger charge is -2.04. The molecule has 1 N–H and O–H groups in total. The number of hydrogen-bond donors (Lipinski definition) is 1. The number of nitrogens with zero attached hydrogens (tertiary/aromatic N) is 1. The van der Waals surface area contributed by atoms with E-state index in [0.717, 1.165) is 4.88 Å². The maximum atomic E-state index is 11.9. The molecule has 0 radical (unpaired) electrons. The normalized spacial score (nSPS) is 10.3. The molecule has 5 nitrogen and oxygen atoms in total. The fraction of sp³-hybridized carbons (Fsp3) is 0.154. The number of aryl methyl sites for hydroxylation is 1. The summed E-state index contributed by atoms with van der Waals surface area (Å²) in [6.45, 7) is 2.41. The summed E-state index contributed by atoms with van der Waals surface area (Å²) < 4.78 is 0. The number of thiophene rings is 1. The van der Waals surface area contributed by atoms with Crippen LogP contribution in [0.4, 0.5) is 5.69 Å². The lowest BCUT2D eigenvalue weighted by molar-refractivity contribution is -0.384. The fourth-order valence-electron chi connectivity index (χ4n) is 1.65. The molecule has 0 atom stereocenters. The summed E-state index contributed by atoms with van der Waals surface area (Å²) in [6.07, 6.45) is 0. The highest BCUT2D eigenvalue weighted by Gasteiger charge is 2.15. The van der Waals surface area contributed by atoms with Gasteiger partial charge in [-0.15, -0.1) is 11.3 Å². The molecule has 20 heavy (non-hydrogen) atoms. The molecular weight excluding hydrogens is 300 g/mol. The van der Waals surface area contributed by atoms with E-state index in [1.807, 2.05) is 19.1 Å². The molecule has 2 aromatic rings. The first-order valence-corrected chi connectivity index (χ1v) is 6.94. The van der Waals surface area contributed by atoms with Crippen molar-refractivity contribution in [3.05, 3.63) is 60.8 Å². The highest BCUT2D eigenvalue weighted by Crippen LogP contribution is 2.25. The quantitative estimate of drug-likeness (QED) is 0.693. The molecule has 0 aliphatic heterocycles. The molecule has 104 valence electrons. The largest absolute Gasteiger partial charge is 0.347 e. The monoisotopic (exact) mass is 310 g/mol. The van der Waals surface area contributed by atoms with Crippen molar-refractivity contribution in [2.24, 2.45) is 0 Å². The first-order chi connectivity index (χ1) is 9.47. The number of nitrogens with one attached hydrogen (secondary N) is 1. The van der Waals surface area contributed by atoms with E-state index in [0.29, 0.717) is 12.1 Å². The van der Waals surface area contributed by atoms with Crippen molar-refractivity contribution in [2.75, 3.05) is 0 Å². The first kappa shape index (κ1) is 14.5. The highest BCUT2D eigenvalue weighted by atomic mass is 35.5. The third-order valence-corrected chi connectivity index (χ3v) is 3.93. The van der Waals surface area contributed by atoms with Crippen LogP contribution in [0.15, 0.2) is 30.3 Å². The van der Waals surface area contributed by atoms with E-state index in [-0.39, 0.29) is 16.6 Å². The van der Waals surface area contributed by atoms with E-state index in [4.69, 9.17) is 11.6 Å². The molecule has 1 aromatic carbocycles. The second-order valence-corrected chi connectivity index (χ2v) is 5.90. The minimum absolute atomic E-state index is 0.0466. The van der Waals surface area contributed by atoms with Crippen molar-refractivity contribution < 1.29 is 9.72 Å². The molecule has 0 saturated heterocycles. The second kappa shape index (κ2) is 6.02. The van der Waals surface area contributed by atoms with Crippen molar-refractivity contribution in [1.82, 2.24) is 5.32 Å². The van der Waals surface area contributed by atoms with E-state index in [1.54, 1.807) is 11.3 Å². The Balaban J connectivity index is 2.06. The van der Waals surface area contributed by atoms with Gasteiger partial charge >= 0.3 is 0 Å². The van der Waals surface area contributed by atoms with Gasteiger partial charge in [-0.2, -0.15) is 0 Å². The molecule has 0 bridgehead atoms. The van der Waals surface area contributed by atoms with Gasteiger partial charge in [0.1, 0.15) is 5.02 Å². The van der Waals surface area contributed by atoms with E-state index in [9.17, 15) is 14.9 Å². The molecule has 2 rings (SSSR count). The summed E-state index contributed by atoms with van der Waals surface area (Å²) >= 11 is 7.37. The van der Waals surface area contributed by atoms with Crippen LogP contribution in [0.1, 0.15) is 20.1 Å². The predicted molar refractivity (Wildman–Crippen MR) is 78.3 cm³/mol. The summed E-state index contributed by atoms with van der Waals surface area (Å²) in [5.41, 5.74) is 0.0889. The van der Waals surface area contributed by atoms with Crippen LogP contribution in [0.5, 0.6) is 0 Å². The maximum absolute atomic E-state index is 11.9. The topological polar surface area (TPSA) is 72.2 Å². The van der Waals surface area contributed by atoms with Gasteiger partial charge in [-0.1, -0.05) is 11.6 Å². The highest BCUT2D eigenvalue weighted by molar-refractivity contribution is 7.11. The van der Waals surface area contributed by atoms with Gasteiger partial charge in [0, 0.05) is 21.4 Å². The first-order valence-electron chi connectivity index (χ1n) is 5.75. The summed E-state index contributed by atoms with van der Waals surface area (Å²) in [7, 11) is 0. The Morgan fingerprint density at radius 1 is 1.40 bits per heavy atom. The van der Waals surface area contributed by atoms with Gasteiger partial charge in [0.25, 0.3) is 11.6 Å². The molecule has 0 saturated carbocycles. The van der Waals surface area contributed by atoms with E-state index in [1.165, 1.54) is 23.1 Å². The summed E-state index contributed by atoms with van der Waals surface area (Å²) in [5.74, 6) is -0.312. The Hall–Kier alpha value is -1.92. The van der Waals surface area contributed by atoms with Gasteiger partial charge < -0.3 is 5.32 Å². The van der Waals surface area contributed by atoms with Crippen molar-refractivity contribution in [2.45, 2.75) is 13.5 Å². The number of carbonyl (C=O) groups excluding carboxylic acids is 1. The molecule has 1 heterocycles. The van der Waals surface area contributed by atoms with E-state index < -0.39 is 4.92 Å². The van der Waals surface area contributed by atoms with Crippen LogP contribution < -0.4 is 5.32 Å². The Morgan fingerprint density at radius 3 is 2.70 bits per heavy atom. The zero-order chi connectivity index (χ0) is 14.7. The van der Waals surface area contributed by atoms with Gasteiger partial charge in [0.15, 0.2) is 0 Å². The summed E-state index contributed by atoms with van der Waals surface area (Å²) in [6, 6.07) is 7.85. The lowest BCUT2D eigenvalue weighted by Crippen LogP contribution is -2.22. The standard InChI is InChI=1S/C13H11ClN2O3S/c1-8-2-4-10(20-8)7-15-13(17)9-3-5-12(16(18)19)11(14)6-9/h2-6H,7H2,1H3,(H,15,17). The molecule has 0 aliphatic carbocycles. The Kier molecular flexibility index (Phi) is 4.36. The van der Waals surface area contributed by atoms with Gasteiger partial charge in [0.05, 0.1) is 11.5 Å². The van der Waals surface area contributed by atoms with Crippen molar-refractivity contribution >= 4 is 34.5 Å². The maximum Gasteiger partial charge on any atom is 0.287 e. The number of nitro groups is 1. The number of carbonyl (C=O) groups is 1. The van der Waals surface area contributed by atoms with Crippen molar-refractivity contribution in [3.8, 4) is 0 Å². The molecule has 1 amide bonds. The smallest absolute Gasteiger partial charge is 0.287 e. The zero-order valence-electron chi connectivity index (χ0n) is 10.6. The average molecular weight is 311 g/mol. The number of amides is 1. The Bertz CT molecular complexity index is 669. The lowest BCUT2D eigenvalue weighted by atomic mass is 10.2. The number of hydrogen-bond acceptors (Lipinski definition) is 4. The van der Waals surface area contributed by atoms with Crippen LogP contribution in [0.2, 0.25) is 5.02 Å². The Morgan fingerprint density at radius 2 is 2.15 bits per heavy atom. The van der Waals surface area contributed by atoms with Crippen LogP contribution in [0.25, 0.3) is 0 Å². The third kappa shape index (κ3) is 3.34. The van der Waals surface area contributed by atoms with Crippen LogP contribution in [-0.2, 0) is 6.54 Å². The van der Waals surface area contributed by atoms with Crippen molar-refractivity contribution in [1.29, 1.82) is 0 Å². The van der Waals surface area contributed by atoms with Crippen molar-refractivity contribution in [3.63, 3.8) is 0 Å². The molecule has 0 aliphatic rings. The third-order valence-electron chi connectivity index (χ3n) is 2.63. The number of nitro benzene ring substituents is 1. The molecule has 1 aromatic heterocycles. The molecule has 0 unspecified atom stereocenters. The van der Waals surface area contributed by atoms with E-state index >= 15 is 0 Å². The van der Waals surface area contributed by atoms with Crippen LogP contribution >= 0.6 is 22.9 Å². The SMILES string of the molecule is Cc1ccc(CNC(=O)c2ccc([N+](=O)[O-])c(Cl)c2)s1. The predicted octanol–water partition coefficient (Wildman–Crippen LogP) is 3.55. The fourth-order valence-corrected chi connectivity index (χ4v) is 2.73. The molecule has 0 fully saturated rings. The minimum Gasteiger partial charge on any atom is -0.347 e. The zero-order valence-corrected chi connectivity index (χ0v) is 12.1. The van der Waals surface area contributed by atoms with Gasteiger partial charge in [0.2, 0.25) is 0 Å². The summed E-state index contributed by atoms with van der Waals surface area (Å²) in [5, 5.41) is 13.3. The number of halogens is 1. The number of rotatable bonds is 4. The van der Waals surface area contributed by atoms with E-state index in [2.05, 4.69) is 5.32 Å². The van der Waals surface area contributed by atoms with Gasteiger partial charge in [-0.3, -0.25) is 14.9 Å². The van der Waals surface area contributed by atoms with Crippen LogP contribution in [0.3, 0.4) is 0 Å². The molecule has 0 spiro atoms.